The number of nitrogens with zero attached hydrogens (tertiary/aromatic N) is 5. The van der Waals surface area contributed by atoms with E-state index in [1.54, 1.807) is 16.8 Å². The van der Waals surface area contributed by atoms with E-state index in [0.717, 1.165) is 5.56 Å². The van der Waals surface area contributed by atoms with Gasteiger partial charge in [-0.3, -0.25) is 14.9 Å². The third-order valence-electron chi connectivity index (χ3n) is 4.01. The normalized spacial score (nSPS) is 14.4. The Hall–Kier alpha value is -3.55. The van der Waals surface area contributed by atoms with Crippen LogP contribution in [0.2, 0.25) is 0 Å². The molecule has 3 aromatic rings. The van der Waals surface area contributed by atoms with Crippen molar-refractivity contribution in [3.63, 3.8) is 0 Å². The third kappa shape index (κ3) is 3.30. The second-order valence-corrected chi connectivity index (χ2v) is 5.88. The van der Waals surface area contributed by atoms with Crippen molar-refractivity contribution in [1.82, 2.24) is 19.6 Å². The average Bonchev–Trinajstić information content (AvgIpc) is 3.06. The van der Waals surface area contributed by atoms with Crippen molar-refractivity contribution in [2.45, 2.75) is 19.4 Å². The summed E-state index contributed by atoms with van der Waals surface area (Å²) in [4.78, 5) is 28.8. The first-order valence-electron chi connectivity index (χ1n) is 8.23. The lowest BCUT2D eigenvalue weighted by atomic mass is 10.1. The molecule has 8 nitrogen and oxygen atoms in total. The first-order valence-corrected chi connectivity index (χ1v) is 8.23. The number of hydrogen-bond donors (Lipinski definition) is 1. The Kier molecular flexibility index (Phi) is 4.14. The van der Waals surface area contributed by atoms with E-state index in [1.165, 1.54) is 5.01 Å². The molecule has 0 fully saturated rings. The zero-order valence-electron chi connectivity index (χ0n) is 13.9. The van der Waals surface area contributed by atoms with Crippen molar-refractivity contribution in [3.05, 3.63) is 60.3 Å². The second-order valence-electron chi connectivity index (χ2n) is 5.88. The van der Waals surface area contributed by atoms with Crippen LogP contribution in [0.4, 0.5) is 5.95 Å². The molecule has 0 radical (unpaired) electrons. The molecule has 0 aliphatic carbocycles. The molecule has 26 heavy (non-hydrogen) atoms. The molecule has 130 valence electrons. The maximum atomic E-state index is 12.5. The molecule has 0 unspecified atom stereocenters. The molecule has 0 atom stereocenters. The van der Waals surface area contributed by atoms with E-state index in [9.17, 15) is 9.59 Å². The molecule has 3 heterocycles. The number of aromatic nitrogens is 3. The Morgan fingerprint density at radius 3 is 2.69 bits per heavy atom. The number of hydrogen-bond acceptors (Lipinski definition) is 5. The Morgan fingerprint density at radius 2 is 1.88 bits per heavy atom. The van der Waals surface area contributed by atoms with E-state index in [1.807, 2.05) is 42.5 Å². The van der Waals surface area contributed by atoms with Crippen LogP contribution in [0.3, 0.4) is 0 Å². The Labute approximate surface area is 149 Å². The Morgan fingerprint density at radius 1 is 1.08 bits per heavy atom. The van der Waals surface area contributed by atoms with Crippen molar-refractivity contribution < 1.29 is 9.59 Å². The number of hydrazone groups is 1. The summed E-state index contributed by atoms with van der Waals surface area (Å²) in [5.41, 5.74) is 1.88. The quantitative estimate of drug-likeness (QED) is 0.779. The molecule has 1 aliphatic rings. The van der Waals surface area contributed by atoms with Gasteiger partial charge in [-0.15, -0.1) is 5.10 Å². The van der Waals surface area contributed by atoms with E-state index < -0.39 is 5.91 Å². The van der Waals surface area contributed by atoms with Crippen molar-refractivity contribution >= 4 is 29.1 Å². The van der Waals surface area contributed by atoms with Gasteiger partial charge in [0.15, 0.2) is 5.65 Å². The van der Waals surface area contributed by atoms with Crippen LogP contribution < -0.4 is 5.32 Å². The van der Waals surface area contributed by atoms with Gasteiger partial charge < -0.3 is 0 Å². The molecule has 2 amide bonds. The summed E-state index contributed by atoms with van der Waals surface area (Å²) in [5.74, 6) is -0.293. The van der Waals surface area contributed by atoms with Crippen LogP contribution in [0.5, 0.6) is 0 Å². The smallest absolute Gasteiger partial charge is 0.274 e. The third-order valence-corrected chi connectivity index (χ3v) is 4.01. The molecule has 0 bridgehead atoms. The number of fused-ring (bicyclic) bond motifs is 1. The van der Waals surface area contributed by atoms with E-state index in [0.29, 0.717) is 24.3 Å². The number of anilines is 1. The maximum absolute atomic E-state index is 12.5. The molecular weight excluding hydrogens is 332 g/mol. The molecule has 4 rings (SSSR count). The molecule has 1 N–H and O–H groups in total. The minimum Gasteiger partial charge on any atom is -0.288 e. The van der Waals surface area contributed by atoms with Gasteiger partial charge in [0.05, 0.1) is 6.54 Å². The standard InChI is InChI=1S/C18H16N6O2/c25-16-10-9-14(21-24(16)12-13-6-2-1-3-7-13)17(26)20-18-19-15-8-4-5-11-23(15)22-18/h1-8,11H,9-10,12H2,(H,20,22,26). The van der Waals surface area contributed by atoms with Crippen molar-refractivity contribution in [2.24, 2.45) is 5.10 Å². The van der Waals surface area contributed by atoms with Crippen molar-refractivity contribution in [3.8, 4) is 0 Å². The summed E-state index contributed by atoms with van der Waals surface area (Å²) in [6.07, 6.45) is 2.29. The predicted molar refractivity (Wildman–Crippen MR) is 95.3 cm³/mol. The van der Waals surface area contributed by atoms with Crippen LogP contribution in [0.15, 0.2) is 59.8 Å². The molecule has 0 spiro atoms. The minimum atomic E-state index is -0.397. The van der Waals surface area contributed by atoms with Gasteiger partial charge in [0, 0.05) is 19.0 Å². The van der Waals surface area contributed by atoms with Crippen LogP contribution in [0, 0.1) is 0 Å². The van der Waals surface area contributed by atoms with Crippen molar-refractivity contribution in [1.29, 1.82) is 0 Å². The molecule has 0 saturated carbocycles. The number of carbonyl (C=O) groups excluding carboxylic acids is 2. The van der Waals surface area contributed by atoms with Crippen LogP contribution >= 0.6 is 0 Å². The maximum Gasteiger partial charge on any atom is 0.274 e. The molecular formula is C18H16N6O2. The van der Waals surface area contributed by atoms with E-state index >= 15 is 0 Å². The lowest BCUT2D eigenvalue weighted by Gasteiger charge is -2.23. The second kappa shape index (κ2) is 6.75. The van der Waals surface area contributed by atoms with Crippen LogP contribution in [0.1, 0.15) is 18.4 Å². The number of carbonyl (C=O) groups is 2. The predicted octanol–water partition coefficient (Wildman–Crippen LogP) is 1.85. The lowest BCUT2D eigenvalue weighted by Crippen LogP contribution is -2.36. The number of benzene rings is 1. The van der Waals surface area contributed by atoms with Gasteiger partial charge in [-0.05, 0) is 17.7 Å². The van der Waals surface area contributed by atoms with Gasteiger partial charge in [0.1, 0.15) is 5.71 Å². The van der Waals surface area contributed by atoms with E-state index in [-0.39, 0.29) is 18.3 Å². The first kappa shape index (κ1) is 15.9. The van der Waals surface area contributed by atoms with Crippen LogP contribution in [-0.4, -0.2) is 37.1 Å². The fourth-order valence-electron chi connectivity index (χ4n) is 2.70. The fourth-order valence-corrected chi connectivity index (χ4v) is 2.70. The average molecular weight is 348 g/mol. The molecule has 1 aliphatic heterocycles. The topological polar surface area (TPSA) is 92.0 Å². The summed E-state index contributed by atoms with van der Waals surface area (Å²) in [6, 6.07) is 15.0. The highest BCUT2D eigenvalue weighted by molar-refractivity contribution is 6.43. The summed E-state index contributed by atoms with van der Waals surface area (Å²) < 4.78 is 1.57. The van der Waals surface area contributed by atoms with E-state index in [4.69, 9.17) is 0 Å². The molecule has 0 saturated heterocycles. The van der Waals surface area contributed by atoms with Crippen LogP contribution in [-0.2, 0) is 16.1 Å². The molecule has 1 aromatic carbocycles. The number of amides is 2. The number of nitrogens with one attached hydrogen (secondary N) is 1. The largest absolute Gasteiger partial charge is 0.288 e. The summed E-state index contributed by atoms with van der Waals surface area (Å²) >= 11 is 0. The van der Waals surface area contributed by atoms with Crippen molar-refractivity contribution in [2.75, 3.05) is 5.32 Å². The highest BCUT2D eigenvalue weighted by atomic mass is 16.2. The molecule has 2 aromatic heterocycles. The fraction of sp³-hybridized carbons (Fsp3) is 0.167. The highest BCUT2D eigenvalue weighted by Crippen LogP contribution is 2.14. The summed E-state index contributed by atoms with van der Waals surface area (Å²) in [7, 11) is 0. The summed E-state index contributed by atoms with van der Waals surface area (Å²) in [5, 5.41) is 12.4. The Balaban J connectivity index is 1.51. The van der Waals surface area contributed by atoms with Gasteiger partial charge in [0.2, 0.25) is 11.9 Å². The van der Waals surface area contributed by atoms with Gasteiger partial charge in [-0.2, -0.15) is 10.1 Å². The van der Waals surface area contributed by atoms with Gasteiger partial charge >= 0.3 is 0 Å². The first-order chi connectivity index (χ1) is 12.7. The van der Waals surface area contributed by atoms with E-state index in [2.05, 4.69) is 20.5 Å². The highest BCUT2D eigenvalue weighted by Gasteiger charge is 2.25. The lowest BCUT2D eigenvalue weighted by molar-refractivity contribution is -0.132. The van der Waals surface area contributed by atoms with Gasteiger partial charge in [-0.25, -0.2) is 9.52 Å². The zero-order valence-corrected chi connectivity index (χ0v) is 13.9. The Bertz CT molecular complexity index is 962. The minimum absolute atomic E-state index is 0.101. The number of rotatable bonds is 4. The van der Waals surface area contributed by atoms with Crippen LogP contribution in [0.25, 0.3) is 5.65 Å². The van der Waals surface area contributed by atoms with Gasteiger partial charge in [0.25, 0.3) is 5.91 Å². The molecule has 8 heteroatoms. The summed E-state index contributed by atoms with van der Waals surface area (Å²) in [6.45, 7) is 0.336. The zero-order chi connectivity index (χ0) is 17.9. The number of pyridine rings is 1. The van der Waals surface area contributed by atoms with Gasteiger partial charge in [-0.1, -0.05) is 36.4 Å². The monoisotopic (exact) mass is 348 g/mol. The SMILES string of the molecule is O=C(Nc1nc2ccccn2n1)C1=NN(Cc2ccccc2)C(=O)CC1.